The van der Waals surface area contributed by atoms with Crippen LogP contribution in [0.5, 0.6) is 0 Å². The molecule has 0 amide bonds. The van der Waals surface area contributed by atoms with Gasteiger partial charge in [-0.2, -0.15) is 0 Å². The van der Waals surface area contributed by atoms with Crippen LogP contribution in [0.3, 0.4) is 0 Å². The van der Waals surface area contributed by atoms with Crippen LogP contribution in [-0.2, 0) is 28.4 Å². The zero-order chi connectivity index (χ0) is 19.9. The van der Waals surface area contributed by atoms with Gasteiger partial charge in [0.15, 0.2) is 0 Å². The zero-order valence-corrected chi connectivity index (χ0v) is 18.1. The Bertz CT molecular complexity index is 439. The van der Waals surface area contributed by atoms with Crippen molar-refractivity contribution < 1.29 is 28.4 Å². The quantitative estimate of drug-likeness (QED) is 0.575. The smallest absolute Gasteiger partial charge is 0.0775 e. The molecule has 27 heavy (non-hydrogen) atoms. The van der Waals surface area contributed by atoms with Gasteiger partial charge in [-0.05, 0) is 6.42 Å². The second-order valence-corrected chi connectivity index (χ2v) is 9.75. The van der Waals surface area contributed by atoms with Gasteiger partial charge in [-0.25, -0.2) is 0 Å². The Labute approximate surface area is 164 Å². The monoisotopic (exact) mass is 386 g/mol. The lowest BCUT2D eigenvalue weighted by molar-refractivity contribution is -0.318. The molecule has 158 valence electrons. The van der Waals surface area contributed by atoms with Gasteiger partial charge in [0.2, 0.25) is 0 Å². The summed E-state index contributed by atoms with van der Waals surface area (Å²) in [7, 11) is 5.45. The molecule has 0 aromatic carbocycles. The molecule has 3 aliphatic heterocycles. The van der Waals surface area contributed by atoms with Gasteiger partial charge in [-0.3, -0.25) is 0 Å². The minimum Gasteiger partial charge on any atom is -0.380 e. The highest BCUT2D eigenvalue weighted by Gasteiger charge is 2.67. The van der Waals surface area contributed by atoms with Crippen LogP contribution in [0.2, 0.25) is 0 Å². The maximum Gasteiger partial charge on any atom is 0.0775 e. The average molecular weight is 387 g/mol. The second-order valence-electron chi connectivity index (χ2n) is 9.75. The molecule has 0 spiro atoms. The van der Waals surface area contributed by atoms with Crippen LogP contribution < -0.4 is 0 Å². The summed E-state index contributed by atoms with van der Waals surface area (Å²) in [6.45, 7) is 13.2. The van der Waals surface area contributed by atoms with Crippen molar-refractivity contribution in [3.8, 4) is 0 Å². The Morgan fingerprint density at radius 2 is 0.926 bits per heavy atom. The fraction of sp³-hybridized carbons (Fsp3) is 1.00. The van der Waals surface area contributed by atoms with Crippen molar-refractivity contribution in [2.24, 2.45) is 21.7 Å². The summed E-state index contributed by atoms with van der Waals surface area (Å²) in [5, 5.41) is 0. The molecule has 0 aromatic heterocycles. The first-order chi connectivity index (χ1) is 12.8. The highest BCUT2D eigenvalue weighted by Crippen LogP contribution is 2.58. The highest BCUT2D eigenvalue weighted by atomic mass is 16.5. The Balaban J connectivity index is 2.13. The number of hydrogen-bond donors (Lipinski definition) is 0. The lowest BCUT2D eigenvalue weighted by atomic mass is 9.52. The summed E-state index contributed by atoms with van der Waals surface area (Å²) in [6.07, 6.45) is 0.694. The second kappa shape index (κ2) is 7.54. The molecular formula is C21H38O6. The van der Waals surface area contributed by atoms with Gasteiger partial charge in [0.25, 0.3) is 0 Å². The number of methoxy groups -OCH3 is 3. The predicted molar refractivity (Wildman–Crippen MR) is 102 cm³/mol. The van der Waals surface area contributed by atoms with Crippen LogP contribution in [0, 0.1) is 21.7 Å². The predicted octanol–water partition coefficient (Wildman–Crippen LogP) is 2.54. The molecule has 0 saturated carbocycles. The molecule has 3 fully saturated rings. The molecule has 6 heteroatoms. The summed E-state index contributed by atoms with van der Waals surface area (Å²) in [6, 6.07) is 0. The van der Waals surface area contributed by atoms with Crippen molar-refractivity contribution in [1.29, 1.82) is 0 Å². The van der Waals surface area contributed by atoms with Gasteiger partial charge in [-0.15, -0.1) is 0 Å². The molecule has 3 aliphatic rings. The van der Waals surface area contributed by atoms with Crippen LogP contribution in [0.4, 0.5) is 0 Å². The Morgan fingerprint density at radius 1 is 0.667 bits per heavy atom. The van der Waals surface area contributed by atoms with Gasteiger partial charge >= 0.3 is 0 Å². The summed E-state index contributed by atoms with van der Waals surface area (Å²) >= 11 is 0. The number of rotatable bonds is 10. The highest BCUT2D eigenvalue weighted by molar-refractivity contribution is 5.15. The molecule has 3 unspecified atom stereocenters. The Kier molecular flexibility index (Phi) is 6.00. The molecule has 6 nitrogen and oxygen atoms in total. The van der Waals surface area contributed by atoms with Crippen molar-refractivity contribution in [2.45, 2.75) is 52.4 Å². The van der Waals surface area contributed by atoms with Gasteiger partial charge in [0.1, 0.15) is 0 Å². The van der Waals surface area contributed by atoms with Crippen LogP contribution in [0.1, 0.15) is 34.1 Å². The summed E-state index contributed by atoms with van der Waals surface area (Å²) in [5.41, 5.74) is -0.561. The first-order valence-corrected chi connectivity index (χ1v) is 10.1. The topological polar surface area (TPSA) is 55.4 Å². The van der Waals surface area contributed by atoms with E-state index in [0.717, 1.165) is 6.42 Å². The fourth-order valence-corrected chi connectivity index (χ4v) is 6.15. The van der Waals surface area contributed by atoms with Gasteiger partial charge in [-0.1, -0.05) is 27.7 Å². The number of hydrogen-bond acceptors (Lipinski definition) is 6. The maximum atomic E-state index is 6.29. The average Bonchev–Trinajstić information content (AvgIpc) is 2.58. The molecule has 3 atom stereocenters. The van der Waals surface area contributed by atoms with Gasteiger partial charge < -0.3 is 28.4 Å². The van der Waals surface area contributed by atoms with E-state index in [2.05, 4.69) is 27.7 Å². The molecule has 0 bridgehead atoms. The van der Waals surface area contributed by atoms with Crippen molar-refractivity contribution >= 4 is 0 Å². The third-order valence-corrected chi connectivity index (χ3v) is 7.27. The Morgan fingerprint density at radius 3 is 1.04 bits per heavy atom. The molecule has 3 heterocycles. The van der Waals surface area contributed by atoms with Crippen molar-refractivity contribution in [3.63, 3.8) is 0 Å². The first-order valence-electron chi connectivity index (χ1n) is 10.1. The van der Waals surface area contributed by atoms with E-state index >= 15 is 0 Å². The van der Waals surface area contributed by atoms with Crippen molar-refractivity contribution in [1.82, 2.24) is 0 Å². The molecule has 0 N–H and O–H groups in total. The lowest BCUT2D eigenvalue weighted by Gasteiger charge is -2.64. The zero-order valence-electron chi connectivity index (χ0n) is 18.1. The fourth-order valence-electron chi connectivity index (χ4n) is 6.15. The Hall–Kier alpha value is -0.240. The van der Waals surface area contributed by atoms with Crippen molar-refractivity contribution in [3.05, 3.63) is 0 Å². The largest absolute Gasteiger partial charge is 0.380 e. The molecule has 3 rings (SSSR count). The third kappa shape index (κ3) is 3.08. The normalized spacial score (nSPS) is 30.8. The summed E-state index contributed by atoms with van der Waals surface area (Å²) in [4.78, 5) is 0. The molecule has 3 saturated heterocycles. The van der Waals surface area contributed by atoms with E-state index in [0.29, 0.717) is 39.6 Å². The standard InChI is InChI=1S/C21H38O6/c1-8-21(15(22-5)18(2)9-25-10-18,16(23-6)19(3)11-26-12-19)17(24-7)20(4)13-27-14-20/h15-17H,8-14H2,1-7H3. The van der Waals surface area contributed by atoms with E-state index in [4.69, 9.17) is 28.4 Å². The van der Waals surface area contributed by atoms with E-state index in [-0.39, 0.29) is 40.0 Å². The van der Waals surface area contributed by atoms with E-state index in [1.165, 1.54) is 0 Å². The van der Waals surface area contributed by atoms with Gasteiger partial charge in [0, 0.05) is 37.6 Å². The van der Waals surface area contributed by atoms with Crippen LogP contribution in [0.25, 0.3) is 0 Å². The molecule has 0 aromatic rings. The van der Waals surface area contributed by atoms with E-state index in [1.807, 2.05) is 21.3 Å². The number of ether oxygens (including phenoxy) is 6. The molecule has 0 radical (unpaired) electrons. The summed E-state index contributed by atoms with van der Waals surface area (Å²) < 4.78 is 35.7. The van der Waals surface area contributed by atoms with E-state index < -0.39 is 0 Å². The lowest BCUT2D eigenvalue weighted by Crippen LogP contribution is -2.73. The third-order valence-electron chi connectivity index (χ3n) is 7.27. The molecular weight excluding hydrogens is 348 g/mol. The van der Waals surface area contributed by atoms with Crippen LogP contribution in [-0.4, -0.2) is 79.3 Å². The summed E-state index contributed by atoms with van der Waals surface area (Å²) in [5.74, 6) is 0. The first kappa shape index (κ1) is 21.5. The minimum atomic E-state index is -0.353. The van der Waals surface area contributed by atoms with Crippen molar-refractivity contribution in [2.75, 3.05) is 61.0 Å². The van der Waals surface area contributed by atoms with Crippen LogP contribution in [0.15, 0.2) is 0 Å². The maximum absolute atomic E-state index is 6.29. The van der Waals surface area contributed by atoms with E-state index in [1.54, 1.807) is 0 Å². The molecule has 0 aliphatic carbocycles. The van der Waals surface area contributed by atoms with Crippen LogP contribution >= 0.6 is 0 Å². The minimum absolute atomic E-state index is 0.0616. The van der Waals surface area contributed by atoms with E-state index in [9.17, 15) is 0 Å². The van der Waals surface area contributed by atoms with Gasteiger partial charge in [0.05, 0.1) is 63.4 Å². The SMILES string of the molecule is CCC(C(OC)C1(C)COC1)(C(OC)C1(C)COC1)C(OC)C1(C)COC1.